The molecule has 0 radical (unpaired) electrons. The fourth-order valence-corrected chi connectivity index (χ4v) is 2.44. The van der Waals surface area contributed by atoms with E-state index in [4.69, 9.17) is 5.26 Å². The van der Waals surface area contributed by atoms with Crippen LogP contribution in [0.4, 0.5) is 10.5 Å². The highest BCUT2D eigenvalue weighted by Crippen LogP contribution is 2.22. The molecule has 0 atom stereocenters. The molecular formula is C15H15N5O. The van der Waals surface area contributed by atoms with E-state index < -0.39 is 0 Å². The van der Waals surface area contributed by atoms with E-state index in [1.165, 1.54) is 0 Å². The Bertz CT molecular complexity index is 715. The molecule has 2 heterocycles. The number of rotatable bonds is 3. The number of imidazole rings is 1. The maximum absolute atomic E-state index is 12.5. The number of carbonyl (C=O) groups excluding carboxylic acids is 1. The van der Waals surface area contributed by atoms with Crippen LogP contribution in [-0.4, -0.2) is 34.0 Å². The molecule has 1 saturated heterocycles. The third-order valence-corrected chi connectivity index (χ3v) is 3.66. The summed E-state index contributed by atoms with van der Waals surface area (Å²) in [6, 6.07) is 9.16. The fourth-order valence-electron chi connectivity index (χ4n) is 2.44. The Hall–Kier alpha value is -2.81. The summed E-state index contributed by atoms with van der Waals surface area (Å²) in [5.74, 6) is 0. The third kappa shape index (κ3) is 2.46. The van der Waals surface area contributed by atoms with Crippen LogP contribution in [0.2, 0.25) is 0 Å². The number of aromatic amines is 1. The van der Waals surface area contributed by atoms with Gasteiger partial charge in [-0.2, -0.15) is 5.26 Å². The molecule has 1 N–H and O–H groups in total. The van der Waals surface area contributed by atoms with Crippen molar-refractivity contribution < 1.29 is 4.79 Å². The number of benzene rings is 1. The molecule has 2 aromatic rings. The standard InChI is InChI=1S/C15H15N5O/c1-11-14(18-10-17-11)9-19-5-6-20(15(19)21)13-4-2-3-12(7-13)8-16/h2-4,7,10H,5-6,9H2,1H3,(H,17,18). The number of amides is 2. The van der Waals surface area contributed by atoms with Crippen LogP contribution in [0.3, 0.4) is 0 Å². The first-order chi connectivity index (χ1) is 10.2. The molecule has 0 saturated carbocycles. The van der Waals surface area contributed by atoms with E-state index in [1.54, 1.807) is 34.3 Å². The largest absolute Gasteiger partial charge is 0.348 e. The summed E-state index contributed by atoms with van der Waals surface area (Å²) >= 11 is 0. The number of nitrogens with zero attached hydrogens (tertiary/aromatic N) is 4. The predicted octanol–water partition coefficient (Wildman–Crippen LogP) is 2.03. The van der Waals surface area contributed by atoms with Gasteiger partial charge in [-0.1, -0.05) is 6.07 Å². The summed E-state index contributed by atoms with van der Waals surface area (Å²) in [6.45, 7) is 3.72. The summed E-state index contributed by atoms with van der Waals surface area (Å²) in [6.07, 6.45) is 1.64. The van der Waals surface area contributed by atoms with Crippen LogP contribution in [0.15, 0.2) is 30.6 Å². The molecule has 0 unspecified atom stereocenters. The molecule has 6 nitrogen and oxygen atoms in total. The van der Waals surface area contributed by atoms with Crippen molar-refractivity contribution in [2.24, 2.45) is 0 Å². The van der Waals surface area contributed by atoms with E-state index in [-0.39, 0.29) is 6.03 Å². The number of carbonyl (C=O) groups is 1. The topological polar surface area (TPSA) is 76.0 Å². The second-order valence-electron chi connectivity index (χ2n) is 4.99. The number of nitriles is 1. The number of hydrogen-bond acceptors (Lipinski definition) is 3. The van der Waals surface area contributed by atoms with Gasteiger partial charge in [-0.05, 0) is 25.1 Å². The van der Waals surface area contributed by atoms with Crippen LogP contribution in [0.5, 0.6) is 0 Å². The molecule has 1 aromatic carbocycles. The Labute approximate surface area is 122 Å². The Kier molecular flexibility index (Phi) is 3.32. The van der Waals surface area contributed by atoms with E-state index in [1.807, 2.05) is 13.0 Å². The number of nitrogens with one attached hydrogen (secondary N) is 1. The smallest absolute Gasteiger partial charge is 0.324 e. The average Bonchev–Trinajstić information content (AvgIpc) is 3.07. The van der Waals surface area contributed by atoms with Crippen LogP contribution >= 0.6 is 0 Å². The van der Waals surface area contributed by atoms with Gasteiger partial charge in [0, 0.05) is 24.5 Å². The van der Waals surface area contributed by atoms with E-state index in [0.717, 1.165) is 17.1 Å². The summed E-state index contributed by atoms with van der Waals surface area (Å²) in [7, 11) is 0. The van der Waals surface area contributed by atoms with E-state index in [0.29, 0.717) is 25.2 Å². The Balaban J connectivity index is 1.77. The van der Waals surface area contributed by atoms with Crippen LogP contribution in [-0.2, 0) is 6.54 Å². The minimum Gasteiger partial charge on any atom is -0.348 e. The SMILES string of the molecule is Cc1[nH]cnc1CN1CCN(c2cccc(C#N)c2)C1=O. The van der Waals surface area contributed by atoms with Crippen molar-refractivity contribution in [2.45, 2.75) is 13.5 Å². The molecule has 1 aromatic heterocycles. The molecule has 106 valence electrons. The number of hydrogen-bond donors (Lipinski definition) is 1. The zero-order valence-electron chi connectivity index (χ0n) is 11.7. The van der Waals surface area contributed by atoms with Crippen LogP contribution in [0, 0.1) is 18.3 Å². The van der Waals surface area contributed by atoms with Crippen molar-refractivity contribution in [1.29, 1.82) is 5.26 Å². The second kappa shape index (κ2) is 5.29. The average molecular weight is 281 g/mol. The van der Waals surface area contributed by atoms with E-state index in [2.05, 4.69) is 16.0 Å². The van der Waals surface area contributed by atoms with Gasteiger partial charge in [0.25, 0.3) is 0 Å². The van der Waals surface area contributed by atoms with Crippen molar-refractivity contribution >= 4 is 11.7 Å². The number of H-pyrrole nitrogens is 1. The summed E-state index contributed by atoms with van der Waals surface area (Å²) < 4.78 is 0. The summed E-state index contributed by atoms with van der Waals surface area (Å²) in [5.41, 5.74) is 3.19. The Morgan fingerprint density at radius 1 is 1.43 bits per heavy atom. The van der Waals surface area contributed by atoms with Crippen LogP contribution < -0.4 is 4.90 Å². The Morgan fingerprint density at radius 3 is 3.00 bits per heavy atom. The maximum atomic E-state index is 12.5. The molecule has 2 amide bonds. The highest BCUT2D eigenvalue weighted by atomic mass is 16.2. The summed E-state index contributed by atoms with van der Waals surface area (Å²) in [5, 5.41) is 8.95. The van der Waals surface area contributed by atoms with Gasteiger partial charge in [-0.3, -0.25) is 4.90 Å². The zero-order chi connectivity index (χ0) is 14.8. The number of urea groups is 1. The van der Waals surface area contributed by atoms with Crippen molar-refractivity contribution in [3.8, 4) is 6.07 Å². The third-order valence-electron chi connectivity index (χ3n) is 3.66. The fraction of sp³-hybridized carbons (Fsp3) is 0.267. The molecule has 0 aliphatic carbocycles. The molecule has 1 fully saturated rings. The van der Waals surface area contributed by atoms with Crippen LogP contribution in [0.25, 0.3) is 0 Å². The molecular weight excluding hydrogens is 266 g/mol. The van der Waals surface area contributed by atoms with Crippen molar-refractivity contribution in [2.75, 3.05) is 18.0 Å². The molecule has 0 spiro atoms. The lowest BCUT2D eigenvalue weighted by molar-refractivity contribution is 0.218. The van der Waals surface area contributed by atoms with Gasteiger partial charge in [0.15, 0.2) is 0 Å². The minimum absolute atomic E-state index is 0.0486. The molecule has 21 heavy (non-hydrogen) atoms. The Morgan fingerprint density at radius 2 is 2.29 bits per heavy atom. The van der Waals surface area contributed by atoms with Gasteiger partial charge in [-0.25, -0.2) is 9.78 Å². The monoisotopic (exact) mass is 281 g/mol. The maximum Gasteiger partial charge on any atom is 0.324 e. The zero-order valence-corrected chi connectivity index (χ0v) is 11.7. The lowest BCUT2D eigenvalue weighted by Gasteiger charge is -2.18. The quantitative estimate of drug-likeness (QED) is 0.935. The van der Waals surface area contributed by atoms with Gasteiger partial charge < -0.3 is 9.88 Å². The van der Waals surface area contributed by atoms with E-state index >= 15 is 0 Å². The van der Waals surface area contributed by atoms with Gasteiger partial charge in [0.05, 0.1) is 30.2 Å². The summed E-state index contributed by atoms with van der Waals surface area (Å²) in [4.78, 5) is 23.2. The lowest BCUT2D eigenvalue weighted by atomic mass is 10.2. The predicted molar refractivity (Wildman–Crippen MR) is 77.6 cm³/mol. The van der Waals surface area contributed by atoms with Gasteiger partial charge in [-0.15, -0.1) is 0 Å². The molecule has 0 bridgehead atoms. The number of aryl methyl sites for hydroxylation is 1. The van der Waals surface area contributed by atoms with Gasteiger partial charge in [0.1, 0.15) is 0 Å². The minimum atomic E-state index is -0.0486. The second-order valence-corrected chi connectivity index (χ2v) is 4.99. The van der Waals surface area contributed by atoms with Crippen molar-refractivity contribution in [1.82, 2.24) is 14.9 Å². The number of aromatic nitrogens is 2. The first-order valence-corrected chi connectivity index (χ1v) is 6.74. The highest BCUT2D eigenvalue weighted by Gasteiger charge is 2.30. The molecule has 1 aliphatic heterocycles. The van der Waals surface area contributed by atoms with Crippen molar-refractivity contribution in [3.05, 3.63) is 47.5 Å². The highest BCUT2D eigenvalue weighted by molar-refractivity contribution is 5.94. The van der Waals surface area contributed by atoms with Gasteiger partial charge >= 0.3 is 6.03 Å². The van der Waals surface area contributed by atoms with Crippen LogP contribution in [0.1, 0.15) is 17.0 Å². The molecule has 1 aliphatic rings. The van der Waals surface area contributed by atoms with Crippen molar-refractivity contribution in [3.63, 3.8) is 0 Å². The number of anilines is 1. The molecule has 3 rings (SSSR count). The first-order valence-electron chi connectivity index (χ1n) is 6.74. The molecule has 6 heteroatoms. The lowest BCUT2D eigenvalue weighted by Crippen LogP contribution is -2.31. The first kappa shape index (κ1) is 13.2. The van der Waals surface area contributed by atoms with Gasteiger partial charge in [0.2, 0.25) is 0 Å². The normalized spacial score (nSPS) is 14.6. The van der Waals surface area contributed by atoms with E-state index in [9.17, 15) is 4.79 Å².